The average molecular weight is 716 g/mol. The largest absolute Gasteiger partial charge is 0.756 e. The number of likely N-dealkylation sites (N-methyl/N-ethyl adjacent to an activating group) is 1. The molecule has 0 bridgehead atoms. The zero-order chi connectivity index (χ0) is 35.8. The summed E-state index contributed by atoms with van der Waals surface area (Å²) in [5.41, 5.74) is 0. The minimum Gasteiger partial charge on any atom is -0.756 e. The van der Waals surface area contributed by atoms with Gasteiger partial charge in [0.1, 0.15) is 55.9 Å². The Kier molecular flexibility index (Phi) is 25.3. The van der Waals surface area contributed by atoms with Crippen molar-refractivity contribution < 1.29 is 62.7 Å². The van der Waals surface area contributed by atoms with Crippen LogP contribution in [-0.2, 0) is 27.8 Å². The second-order valence-electron chi connectivity index (χ2n) is 14.2. The third kappa shape index (κ3) is 21.9. The summed E-state index contributed by atoms with van der Waals surface area (Å²) in [4.78, 5) is 12.3. The van der Waals surface area contributed by atoms with Crippen LogP contribution in [0.2, 0.25) is 0 Å². The van der Waals surface area contributed by atoms with Crippen LogP contribution >= 0.6 is 7.82 Å². The minimum absolute atomic E-state index is 0.0299. The maximum atomic E-state index is 12.3. The van der Waals surface area contributed by atoms with Crippen LogP contribution in [0.25, 0.3) is 0 Å². The normalized spacial score (nSPS) is 25.3. The number of phosphoric acid groups is 1. The lowest BCUT2D eigenvalue weighted by Crippen LogP contribution is -2.64. The highest BCUT2D eigenvalue weighted by Crippen LogP contribution is 2.38. The molecule has 0 aromatic heterocycles. The van der Waals surface area contributed by atoms with Crippen LogP contribution in [0.15, 0.2) is 0 Å². The summed E-state index contributed by atoms with van der Waals surface area (Å²) < 4.78 is 39.8. The van der Waals surface area contributed by atoms with E-state index in [1.54, 1.807) is 0 Å². The van der Waals surface area contributed by atoms with E-state index in [4.69, 9.17) is 23.3 Å². The Morgan fingerprint density at radius 3 is 1.54 bits per heavy atom. The number of nitrogens with zero attached hydrogens (tertiary/aromatic N) is 1. The van der Waals surface area contributed by atoms with Crippen LogP contribution in [0.3, 0.4) is 0 Å². The molecule has 1 aliphatic rings. The molecule has 0 aliphatic heterocycles. The third-order valence-corrected chi connectivity index (χ3v) is 9.66. The molecule has 14 heteroatoms. The zero-order valence-electron chi connectivity index (χ0n) is 30.3. The van der Waals surface area contributed by atoms with Gasteiger partial charge in [-0.3, -0.25) is 4.57 Å². The Morgan fingerprint density at radius 2 is 1.06 bits per heavy atom. The fourth-order valence-electron chi connectivity index (χ4n) is 5.54. The fraction of sp³-hybridized carbons (Fsp3) is 1.00. The average Bonchev–Trinajstić information content (AvgIpc) is 3.03. The quantitative estimate of drug-likeness (QED) is 0.0402. The molecule has 13 nitrogen and oxygen atoms in total. The Bertz CT molecular complexity index is 803. The molecular formula is C34H70NO12P. The summed E-state index contributed by atoms with van der Waals surface area (Å²) in [6, 6.07) is 0. The second-order valence-corrected chi connectivity index (χ2v) is 15.7. The van der Waals surface area contributed by atoms with Crippen molar-refractivity contribution in [2.45, 2.75) is 152 Å². The van der Waals surface area contributed by atoms with E-state index in [1.807, 2.05) is 21.1 Å². The van der Waals surface area contributed by atoms with Crippen LogP contribution in [-0.4, -0.2) is 140 Å². The molecule has 48 heavy (non-hydrogen) atoms. The molecule has 0 aromatic carbocycles. The van der Waals surface area contributed by atoms with E-state index in [1.165, 1.54) is 83.5 Å². The Hall–Kier alpha value is -0.250. The predicted octanol–water partition coefficient (Wildman–Crippen LogP) is 3.06. The predicted molar refractivity (Wildman–Crippen MR) is 182 cm³/mol. The fourth-order valence-corrected chi connectivity index (χ4v) is 6.27. The smallest absolute Gasteiger partial charge is 0.268 e. The van der Waals surface area contributed by atoms with E-state index in [0.29, 0.717) is 17.6 Å². The molecule has 1 rings (SSSR count). The maximum absolute atomic E-state index is 12.3. The molecule has 1 aliphatic carbocycles. The van der Waals surface area contributed by atoms with Crippen molar-refractivity contribution >= 4 is 7.82 Å². The van der Waals surface area contributed by atoms with Gasteiger partial charge < -0.3 is 58.2 Å². The van der Waals surface area contributed by atoms with Crippen molar-refractivity contribution in [3.63, 3.8) is 0 Å². The van der Waals surface area contributed by atoms with Crippen molar-refractivity contribution in [2.24, 2.45) is 0 Å². The highest BCUT2D eigenvalue weighted by molar-refractivity contribution is 7.45. The lowest BCUT2D eigenvalue weighted by molar-refractivity contribution is -0.870. The lowest BCUT2D eigenvalue weighted by Gasteiger charge is -2.41. The molecule has 0 saturated heterocycles. The van der Waals surface area contributed by atoms with Gasteiger partial charge in [0, 0.05) is 6.61 Å². The van der Waals surface area contributed by atoms with Crippen molar-refractivity contribution in [1.29, 1.82) is 0 Å². The number of aliphatic hydroxyl groups is 5. The van der Waals surface area contributed by atoms with Crippen molar-refractivity contribution in [1.82, 2.24) is 0 Å². The molecule has 0 amide bonds. The third-order valence-electron chi connectivity index (χ3n) is 8.70. The van der Waals surface area contributed by atoms with Crippen molar-refractivity contribution in [3.05, 3.63) is 0 Å². The highest BCUT2D eigenvalue weighted by Gasteiger charge is 2.48. The first-order chi connectivity index (χ1) is 22.8. The molecule has 288 valence electrons. The van der Waals surface area contributed by atoms with Crippen LogP contribution in [0.5, 0.6) is 0 Å². The van der Waals surface area contributed by atoms with Gasteiger partial charge in [0.15, 0.2) is 0 Å². The number of aliphatic hydroxyl groups excluding tert-OH is 5. The topological polar surface area (TPSA) is 187 Å². The zero-order valence-corrected chi connectivity index (χ0v) is 31.2. The van der Waals surface area contributed by atoms with Gasteiger partial charge in [-0.15, -0.1) is 0 Å². The molecule has 0 heterocycles. The molecule has 1 fully saturated rings. The number of phosphoric ester groups is 1. The van der Waals surface area contributed by atoms with E-state index in [0.717, 1.165) is 19.3 Å². The number of quaternary nitrogens is 1. The molecule has 0 aromatic rings. The van der Waals surface area contributed by atoms with Crippen LogP contribution in [0.4, 0.5) is 0 Å². The molecule has 0 spiro atoms. The van der Waals surface area contributed by atoms with Gasteiger partial charge in [0.2, 0.25) is 0 Å². The van der Waals surface area contributed by atoms with E-state index >= 15 is 0 Å². The van der Waals surface area contributed by atoms with Gasteiger partial charge in [0.05, 0.1) is 47.6 Å². The molecule has 0 radical (unpaired) electrons. The van der Waals surface area contributed by atoms with Gasteiger partial charge >= 0.3 is 0 Å². The van der Waals surface area contributed by atoms with Gasteiger partial charge in [-0.2, -0.15) is 0 Å². The summed E-state index contributed by atoms with van der Waals surface area (Å²) in [6.07, 6.45) is 9.92. The Balaban J connectivity index is 2.31. The molecule has 5 N–H and O–H groups in total. The lowest BCUT2D eigenvalue weighted by atomic mass is 9.85. The first-order valence-corrected chi connectivity index (χ1v) is 19.9. The van der Waals surface area contributed by atoms with Gasteiger partial charge in [0.25, 0.3) is 7.82 Å². The summed E-state index contributed by atoms with van der Waals surface area (Å²) in [5.74, 6) is 0. The Morgan fingerprint density at radius 1 is 0.604 bits per heavy atom. The number of hydrogen-bond donors (Lipinski definition) is 5. The van der Waals surface area contributed by atoms with Gasteiger partial charge in [-0.25, -0.2) is 0 Å². The molecular weight excluding hydrogens is 645 g/mol. The number of ether oxygens (including phenoxy) is 3. The standard InChI is InChI=1S/C34H70NO12P/c1-5-6-7-8-9-10-11-12-13-14-15-16-17-18-19-20-22-43-26-28(27-47-48(41,42)46-23-21-35(2,3)4)44-24-25-45-34-32(39)30(37)29(36)31(38)33(34)40/h28-34,36-40H,5-27H2,1-4H3/t28-,29?,30-,31+,32+,33+,34?/m1/s1. The first-order valence-electron chi connectivity index (χ1n) is 18.4. The van der Waals surface area contributed by atoms with Crippen LogP contribution in [0.1, 0.15) is 110 Å². The van der Waals surface area contributed by atoms with Crippen LogP contribution < -0.4 is 4.89 Å². The highest BCUT2D eigenvalue weighted by atomic mass is 31.2. The molecule has 8 atom stereocenters. The molecule has 1 saturated carbocycles. The van der Waals surface area contributed by atoms with E-state index in [-0.39, 0.29) is 33.0 Å². The Labute approximate surface area is 290 Å². The summed E-state index contributed by atoms with van der Waals surface area (Å²) >= 11 is 0. The van der Waals surface area contributed by atoms with E-state index in [2.05, 4.69) is 6.92 Å². The van der Waals surface area contributed by atoms with Crippen LogP contribution in [0, 0.1) is 0 Å². The first kappa shape index (κ1) is 45.8. The number of rotatable bonds is 31. The monoisotopic (exact) mass is 715 g/mol. The summed E-state index contributed by atoms with van der Waals surface area (Å²) in [5, 5.41) is 49.8. The maximum Gasteiger partial charge on any atom is 0.268 e. The van der Waals surface area contributed by atoms with E-state index < -0.39 is 50.6 Å². The van der Waals surface area contributed by atoms with Crippen molar-refractivity contribution in [3.8, 4) is 0 Å². The van der Waals surface area contributed by atoms with Gasteiger partial charge in [-0.1, -0.05) is 103 Å². The van der Waals surface area contributed by atoms with E-state index in [9.17, 15) is 35.0 Å². The SMILES string of the molecule is CCCCCCCCCCCCCCCCCCOC[C@H](COP(=O)([O-])OCC[N+](C)(C)C)OCCOC1[C@@H](O)[C@H](O)C(O)[C@H](O)[C@@H]1O. The number of hydrogen-bond acceptors (Lipinski definition) is 12. The van der Waals surface area contributed by atoms with Crippen molar-refractivity contribution in [2.75, 3.05) is 67.3 Å². The number of unbranched alkanes of at least 4 members (excludes halogenated alkanes) is 15. The van der Waals surface area contributed by atoms with Gasteiger partial charge in [-0.05, 0) is 6.42 Å². The summed E-state index contributed by atoms with van der Waals surface area (Å²) in [6.45, 7) is 2.64. The molecule has 3 unspecified atom stereocenters. The summed E-state index contributed by atoms with van der Waals surface area (Å²) in [7, 11) is 1.16. The second kappa shape index (κ2) is 26.5. The minimum atomic E-state index is -4.58.